The molecule has 7 nitrogen and oxygen atoms in total. The normalized spacial score (nSPS) is 17.5. The lowest BCUT2D eigenvalue weighted by Gasteiger charge is -2.34. The van der Waals surface area contributed by atoms with Gasteiger partial charge in [-0.1, -0.05) is 12.1 Å². The highest BCUT2D eigenvalue weighted by molar-refractivity contribution is 5.95. The minimum Gasteiger partial charge on any atom is -0.339 e. The largest absolute Gasteiger partial charge is 0.339 e. The second kappa shape index (κ2) is 7.73. The molecule has 3 heterocycles. The first-order valence-electron chi connectivity index (χ1n) is 9.40. The third-order valence-electron chi connectivity index (χ3n) is 5.14. The molecule has 0 spiro atoms. The fourth-order valence-electron chi connectivity index (χ4n) is 3.61. The predicted octanol–water partition coefficient (Wildman–Crippen LogP) is 1.49. The zero-order valence-corrected chi connectivity index (χ0v) is 15.3. The van der Waals surface area contributed by atoms with Crippen LogP contribution in [-0.4, -0.2) is 59.4 Å². The molecule has 0 radical (unpaired) electrons. The van der Waals surface area contributed by atoms with E-state index < -0.39 is 0 Å². The highest BCUT2D eigenvalue weighted by Crippen LogP contribution is 2.22. The Hall–Kier alpha value is -2.96. The number of hydrogen-bond acceptors (Lipinski definition) is 5. The van der Waals surface area contributed by atoms with Crippen molar-refractivity contribution in [3.63, 3.8) is 0 Å². The molecule has 2 aliphatic rings. The van der Waals surface area contributed by atoms with Gasteiger partial charge >= 0.3 is 0 Å². The maximum absolute atomic E-state index is 12.6. The van der Waals surface area contributed by atoms with Crippen molar-refractivity contribution >= 4 is 23.5 Å². The zero-order chi connectivity index (χ0) is 18.6. The Labute approximate surface area is 158 Å². The fourth-order valence-corrected chi connectivity index (χ4v) is 3.61. The number of carbonyl (C=O) groups is 2. The van der Waals surface area contributed by atoms with Crippen LogP contribution in [0.5, 0.6) is 0 Å². The minimum atomic E-state index is 0.133. The van der Waals surface area contributed by atoms with Crippen LogP contribution in [0.4, 0.5) is 11.6 Å². The lowest BCUT2D eigenvalue weighted by Crippen LogP contribution is -2.49. The Morgan fingerprint density at radius 3 is 2.30 bits per heavy atom. The van der Waals surface area contributed by atoms with Crippen molar-refractivity contribution in [1.82, 2.24) is 14.9 Å². The number of rotatable bonds is 4. The van der Waals surface area contributed by atoms with Crippen molar-refractivity contribution < 1.29 is 9.59 Å². The second-order valence-corrected chi connectivity index (χ2v) is 6.91. The van der Waals surface area contributed by atoms with E-state index in [4.69, 9.17) is 0 Å². The number of amides is 2. The van der Waals surface area contributed by atoms with Crippen LogP contribution in [0.1, 0.15) is 18.4 Å². The van der Waals surface area contributed by atoms with E-state index in [1.807, 2.05) is 34.1 Å². The SMILES string of the molecule is O=C(Cc1ccc(N2CCCC2=O)cc1)N1CCN(c2ncccn2)CC1. The Bertz CT molecular complexity index is 801. The van der Waals surface area contributed by atoms with E-state index in [1.165, 1.54) is 0 Å². The molecule has 0 atom stereocenters. The second-order valence-electron chi connectivity index (χ2n) is 6.91. The lowest BCUT2D eigenvalue weighted by molar-refractivity contribution is -0.130. The van der Waals surface area contributed by atoms with Crippen LogP contribution in [0.25, 0.3) is 0 Å². The van der Waals surface area contributed by atoms with Gasteiger partial charge in [-0.05, 0) is 30.2 Å². The van der Waals surface area contributed by atoms with Gasteiger partial charge < -0.3 is 14.7 Å². The third kappa shape index (κ3) is 3.92. The van der Waals surface area contributed by atoms with Gasteiger partial charge in [-0.15, -0.1) is 0 Å². The summed E-state index contributed by atoms with van der Waals surface area (Å²) < 4.78 is 0. The van der Waals surface area contributed by atoms with Crippen molar-refractivity contribution in [3.05, 3.63) is 48.3 Å². The molecule has 2 aliphatic heterocycles. The quantitative estimate of drug-likeness (QED) is 0.821. The summed E-state index contributed by atoms with van der Waals surface area (Å²) in [5.74, 6) is 1.03. The number of anilines is 2. The summed E-state index contributed by atoms with van der Waals surface area (Å²) in [6.07, 6.45) is 5.40. The zero-order valence-electron chi connectivity index (χ0n) is 15.3. The molecule has 2 fully saturated rings. The van der Waals surface area contributed by atoms with Crippen LogP contribution in [-0.2, 0) is 16.0 Å². The van der Waals surface area contributed by atoms with E-state index in [1.54, 1.807) is 18.5 Å². The third-order valence-corrected chi connectivity index (χ3v) is 5.14. The van der Waals surface area contributed by atoms with E-state index >= 15 is 0 Å². The predicted molar refractivity (Wildman–Crippen MR) is 103 cm³/mol. The van der Waals surface area contributed by atoms with E-state index in [2.05, 4.69) is 14.9 Å². The first kappa shape index (κ1) is 17.5. The number of piperazine rings is 1. The summed E-state index contributed by atoms with van der Waals surface area (Å²) in [6, 6.07) is 9.58. The summed E-state index contributed by atoms with van der Waals surface area (Å²) in [5, 5.41) is 0. The van der Waals surface area contributed by atoms with Gasteiger partial charge in [0.15, 0.2) is 0 Å². The number of benzene rings is 1. The van der Waals surface area contributed by atoms with Gasteiger partial charge in [-0.25, -0.2) is 9.97 Å². The molecule has 27 heavy (non-hydrogen) atoms. The van der Waals surface area contributed by atoms with Crippen molar-refractivity contribution in [2.24, 2.45) is 0 Å². The van der Waals surface area contributed by atoms with Crippen LogP contribution < -0.4 is 9.80 Å². The first-order chi connectivity index (χ1) is 13.2. The molecule has 2 aromatic rings. The average Bonchev–Trinajstić information content (AvgIpc) is 3.15. The first-order valence-corrected chi connectivity index (χ1v) is 9.40. The van der Waals surface area contributed by atoms with Gasteiger partial charge in [0.25, 0.3) is 0 Å². The van der Waals surface area contributed by atoms with Crippen LogP contribution in [0.2, 0.25) is 0 Å². The molecule has 140 valence electrons. The number of hydrogen-bond donors (Lipinski definition) is 0. The molecule has 4 rings (SSSR count). The lowest BCUT2D eigenvalue weighted by atomic mass is 10.1. The Morgan fingerprint density at radius 1 is 0.963 bits per heavy atom. The molecule has 1 aromatic heterocycles. The summed E-state index contributed by atoms with van der Waals surface area (Å²) in [7, 11) is 0. The minimum absolute atomic E-state index is 0.133. The molecule has 7 heteroatoms. The Morgan fingerprint density at radius 2 is 1.67 bits per heavy atom. The molecule has 0 N–H and O–H groups in total. The molecule has 2 amide bonds. The van der Waals surface area contributed by atoms with E-state index in [-0.39, 0.29) is 11.8 Å². The van der Waals surface area contributed by atoms with E-state index in [0.29, 0.717) is 25.9 Å². The monoisotopic (exact) mass is 365 g/mol. The van der Waals surface area contributed by atoms with Gasteiger partial charge in [0.2, 0.25) is 17.8 Å². The smallest absolute Gasteiger partial charge is 0.227 e. The van der Waals surface area contributed by atoms with Crippen molar-refractivity contribution in [2.45, 2.75) is 19.3 Å². The van der Waals surface area contributed by atoms with Crippen LogP contribution in [0.3, 0.4) is 0 Å². The van der Waals surface area contributed by atoms with Crippen LogP contribution >= 0.6 is 0 Å². The maximum Gasteiger partial charge on any atom is 0.227 e. The Kier molecular flexibility index (Phi) is 5.00. The van der Waals surface area contributed by atoms with Crippen molar-refractivity contribution in [2.75, 3.05) is 42.5 Å². The van der Waals surface area contributed by atoms with Crippen LogP contribution in [0, 0.1) is 0 Å². The van der Waals surface area contributed by atoms with Gasteiger partial charge in [0.1, 0.15) is 0 Å². The molecule has 1 aromatic carbocycles. The summed E-state index contributed by atoms with van der Waals surface area (Å²) in [6.45, 7) is 3.62. The van der Waals surface area contributed by atoms with E-state index in [0.717, 1.165) is 43.3 Å². The Balaban J connectivity index is 1.31. The average molecular weight is 365 g/mol. The molecule has 0 unspecified atom stereocenters. The molecule has 0 aliphatic carbocycles. The molecular weight excluding hydrogens is 342 g/mol. The topological polar surface area (TPSA) is 69.6 Å². The van der Waals surface area contributed by atoms with Crippen LogP contribution in [0.15, 0.2) is 42.7 Å². The van der Waals surface area contributed by atoms with Gasteiger partial charge in [-0.2, -0.15) is 0 Å². The fraction of sp³-hybridized carbons (Fsp3) is 0.400. The van der Waals surface area contributed by atoms with Gasteiger partial charge in [0, 0.05) is 57.2 Å². The highest BCUT2D eigenvalue weighted by atomic mass is 16.2. The summed E-state index contributed by atoms with van der Waals surface area (Å²) >= 11 is 0. The van der Waals surface area contributed by atoms with Crippen molar-refractivity contribution in [1.29, 1.82) is 0 Å². The molecule has 0 saturated carbocycles. The van der Waals surface area contributed by atoms with E-state index in [9.17, 15) is 9.59 Å². The summed E-state index contributed by atoms with van der Waals surface area (Å²) in [4.78, 5) is 38.8. The molecular formula is C20H23N5O2. The number of aromatic nitrogens is 2. The molecule has 2 saturated heterocycles. The van der Waals surface area contributed by atoms with Crippen molar-refractivity contribution in [3.8, 4) is 0 Å². The van der Waals surface area contributed by atoms with Gasteiger partial charge in [-0.3, -0.25) is 9.59 Å². The molecule has 0 bridgehead atoms. The summed E-state index contributed by atoms with van der Waals surface area (Å²) in [5.41, 5.74) is 1.90. The number of nitrogens with zero attached hydrogens (tertiary/aromatic N) is 5. The van der Waals surface area contributed by atoms with Gasteiger partial charge in [0.05, 0.1) is 6.42 Å². The number of carbonyl (C=O) groups excluding carboxylic acids is 2. The standard InChI is InChI=1S/C20H23N5O2/c26-18-3-1-10-25(18)17-6-4-16(5-7-17)15-19(27)23-11-13-24(14-12-23)20-21-8-2-9-22-20/h2,4-9H,1,3,10-15H2. The highest BCUT2D eigenvalue weighted by Gasteiger charge is 2.23. The maximum atomic E-state index is 12.6.